The van der Waals surface area contributed by atoms with Crippen molar-refractivity contribution in [1.82, 2.24) is 4.90 Å². The van der Waals surface area contributed by atoms with Crippen molar-refractivity contribution < 1.29 is 4.74 Å². The highest BCUT2D eigenvalue weighted by atomic mass is 16.5. The molecule has 1 heterocycles. The molecule has 1 aliphatic heterocycles. The molecule has 0 amide bonds. The van der Waals surface area contributed by atoms with Gasteiger partial charge in [-0.15, -0.1) is 6.58 Å². The van der Waals surface area contributed by atoms with Gasteiger partial charge in [0, 0.05) is 26.2 Å². The minimum Gasteiger partial charge on any atom is -0.378 e. The van der Waals surface area contributed by atoms with Gasteiger partial charge in [0.15, 0.2) is 0 Å². The third-order valence-corrected chi connectivity index (χ3v) is 3.09. The van der Waals surface area contributed by atoms with Gasteiger partial charge in [0.25, 0.3) is 0 Å². The molecule has 0 radical (unpaired) electrons. The smallest absolute Gasteiger partial charge is 0.0599 e. The van der Waals surface area contributed by atoms with Gasteiger partial charge >= 0.3 is 0 Å². The summed E-state index contributed by atoms with van der Waals surface area (Å²) < 4.78 is 5.77. The summed E-state index contributed by atoms with van der Waals surface area (Å²) in [5.41, 5.74) is 6.72. The Bertz CT molecular complexity index is 198. The summed E-state index contributed by atoms with van der Waals surface area (Å²) in [7, 11) is 0. The second-order valence-electron chi connectivity index (χ2n) is 4.76. The molecule has 1 rings (SSSR count). The maximum atomic E-state index is 5.77. The Kier molecular flexibility index (Phi) is 6.69. The highest BCUT2D eigenvalue weighted by molar-refractivity contribution is 4.89. The first-order chi connectivity index (χ1) is 7.72. The molecule has 0 bridgehead atoms. The minimum absolute atomic E-state index is 0.465. The predicted octanol–water partition coefficient (Wildman–Crippen LogP) is 1.78. The second kappa shape index (κ2) is 7.82. The van der Waals surface area contributed by atoms with Crippen LogP contribution in [0.3, 0.4) is 0 Å². The van der Waals surface area contributed by atoms with Crippen molar-refractivity contribution in [3.8, 4) is 0 Å². The number of piperidine rings is 1. The maximum Gasteiger partial charge on any atom is 0.0599 e. The lowest BCUT2D eigenvalue weighted by Crippen LogP contribution is -2.37. The first kappa shape index (κ1) is 13.7. The molecule has 0 atom stereocenters. The topological polar surface area (TPSA) is 38.5 Å². The predicted molar refractivity (Wildman–Crippen MR) is 68.5 cm³/mol. The van der Waals surface area contributed by atoms with Crippen molar-refractivity contribution >= 4 is 0 Å². The molecule has 0 aromatic rings. The van der Waals surface area contributed by atoms with Gasteiger partial charge in [-0.3, -0.25) is 0 Å². The molecule has 0 aromatic carbocycles. The fourth-order valence-electron chi connectivity index (χ4n) is 1.98. The van der Waals surface area contributed by atoms with Crippen LogP contribution in [0.5, 0.6) is 0 Å². The number of rotatable bonds is 7. The fourth-order valence-corrected chi connectivity index (χ4v) is 1.98. The van der Waals surface area contributed by atoms with E-state index in [2.05, 4.69) is 18.4 Å². The zero-order chi connectivity index (χ0) is 11.8. The number of hydrogen-bond acceptors (Lipinski definition) is 3. The van der Waals surface area contributed by atoms with Crippen molar-refractivity contribution in [2.45, 2.75) is 38.7 Å². The van der Waals surface area contributed by atoms with Crippen molar-refractivity contribution in [1.29, 1.82) is 0 Å². The first-order valence-corrected chi connectivity index (χ1v) is 6.40. The van der Waals surface area contributed by atoms with Crippen LogP contribution >= 0.6 is 0 Å². The van der Waals surface area contributed by atoms with Crippen LogP contribution in [-0.4, -0.2) is 43.8 Å². The first-order valence-electron chi connectivity index (χ1n) is 6.40. The van der Waals surface area contributed by atoms with E-state index in [1.54, 1.807) is 0 Å². The largest absolute Gasteiger partial charge is 0.378 e. The highest BCUT2D eigenvalue weighted by Crippen LogP contribution is 2.14. The number of likely N-dealkylation sites (tertiary alicyclic amines) is 1. The lowest BCUT2D eigenvalue weighted by atomic mass is 10.1. The van der Waals surface area contributed by atoms with E-state index in [1.807, 2.05) is 0 Å². The fraction of sp³-hybridized carbons (Fsp3) is 0.846. The standard InChI is InChI=1S/C13H26N2O/c1-12(2)4-8-15-9-5-13(6-10-15)16-11-3-7-14/h13H,1,3-11,14H2,2H3. The Morgan fingerprint density at radius 3 is 2.69 bits per heavy atom. The van der Waals surface area contributed by atoms with Gasteiger partial charge in [-0.25, -0.2) is 0 Å². The van der Waals surface area contributed by atoms with Crippen molar-refractivity contribution in [2.24, 2.45) is 5.73 Å². The van der Waals surface area contributed by atoms with Gasteiger partial charge in [-0.1, -0.05) is 5.57 Å². The molecule has 0 spiro atoms. The summed E-state index contributed by atoms with van der Waals surface area (Å²) in [6.45, 7) is 11.1. The van der Waals surface area contributed by atoms with E-state index in [-0.39, 0.29) is 0 Å². The quantitative estimate of drug-likeness (QED) is 0.531. The van der Waals surface area contributed by atoms with E-state index < -0.39 is 0 Å². The van der Waals surface area contributed by atoms with E-state index in [4.69, 9.17) is 10.5 Å². The number of nitrogens with zero attached hydrogens (tertiary/aromatic N) is 1. The van der Waals surface area contributed by atoms with Crippen molar-refractivity contribution in [3.63, 3.8) is 0 Å². The zero-order valence-corrected chi connectivity index (χ0v) is 10.6. The molecule has 3 heteroatoms. The minimum atomic E-state index is 0.465. The average Bonchev–Trinajstić information content (AvgIpc) is 2.28. The van der Waals surface area contributed by atoms with E-state index in [0.29, 0.717) is 6.10 Å². The summed E-state index contributed by atoms with van der Waals surface area (Å²) in [5, 5.41) is 0. The van der Waals surface area contributed by atoms with Gasteiger partial charge in [-0.05, 0) is 39.2 Å². The highest BCUT2D eigenvalue weighted by Gasteiger charge is 2.18. The van der Waals surface area contributed by atoms with Gasteiger partial charge in [0.2, 0.25) is 0 Å². The lowest BCUT2D eigenvalue weighted by molar-refractivity contribution is 0.00753. The van der Waals surface area contributed by atoms with Gasteiger partial charge in [0.05, 0.1) is 6.10 Å². The maximum absolute atomic E-state index is 5.77. The molecule has 0 saturated carbocycles. The molecular weight excluding hydrogens is 200 g/mol. The van der Waals surface area contributed by atoms with Crippen LogP contribution in [0, 0.1) is 0 Å². The second-order valence-corrected chi connectivity index (χ2v) is 4.76. The molecule has 16 heavy (non-hydrogen) atoms. The van der Waals surface area contributed by atoms with E-state index in [9.17, 15) is 0 Å². The van der Waals surface area contributed by atoms with Crippen LogP contribution in [0.25, 0.3) is 0 Å². The molecule has 3 nitrogen and oxygen atoms in total. The van der Waals surface area contributed by atoms with Crippen molar-refractivity contribution in [3.05, 3.63) is 12.2 Å². The Hall–Kier alpha value is -0.380. The Balaban J connectivity index is 2.06. The van der Waals surface area contributed by atoms with Crippen LogP contribution in [0.15, 0.2) is 12.2 Å². The SMILES string of the molecule is C=C(C)CCN1CCC(OCCCN)CC1. The Morgan fingerprint density at radius 1 is 1.44 bits per heavy atom. The summed E-state index contributed by atoms with van der Waals surface area (Å²) in [6.07, 6.45) is 4.91. The number of nitrogens with two attached hydrogens (primary N) is 1. The van der Waals surface area contributed by atoms with Crippen LogP contribution in [0.2, 0.25) is 0 Å². The third-order valence-electron chi connectivity index (χ3n) is 3.09. The Labute approximate surface area is 99.6 Å². The van der Waals surface area contributed by atoms with Crippen LogP contribution in [0.4, 0.5) is 0 Å². The summed E-state index contributed by atoms with van der Waals surface area (Å²) in [4.78, 5) is 2.51. The van der Waals surface area contributed by atoms with Gasteiger partial charge in [-0.2, -0.15) is 0 Å². The van der Waals surface area contributed by atoms with Gasteiger partial charge in [0.1, 0.15) is 0 Å². The molecular formula is C13H26N2O. The van der Waals surface area contributed by atoms with Crippen LogP contribution in [0.1, 0.15) is 32.6 Å². The third kappa shape index (κ3) is 5.64. The average molecular weight is 226 g/mol. The Morgan fingerprint density at radius 2 is 2.12 bits per heavy atom. The summed E-state index contributed by atoms with van der Waals surface area (Å²) in [5.74, 6) is 0. The summed E-state index contributed by atoms with van der Waals surface area (Å²) in [6, 6.07) is 0. The number of ether oxygens (including phenoxy) is 1. The van der Waals surface area contributed by atoms with Gasteiger partial charge < -0.3 is 15.4 Å². The summed E-state index contributed by atoms with van der Waals surface area (Å²) >= 11 is 0. The molecule has 0 unspecified atom stereocenters. The molecule has 2 N–H and O–H groups in total. The van der Waals surface area contributed by atoms with Crippen molar-refractivity contribution in [2.75, 3.05) is 32.8 Å². The van der Waals surface area contributed by atoms with E-state index >= 15 is 0 Å². The molecule has 1 fully saturated rings. The molecule has 0 aromatic heterocycles. The molecule has 94 valence electrons. The molecule has 1 aliphatic rings. The van der Waals surface area contributed by atoms with Crippen LogP contribution < -0.4 is 5.73 Å². The monoisotopic (exact) mass is 226 g/mol. The lowest BCUT2D eigenvalue weighted by Gasteiger charge is -2.31. The number of hydrogen-bond donors (Lipinski definition) is 1. The molecule has 1 saturated heterocycles. The molecule has 0 aliphatic carbocycles. The van der Waals surface area contributed by atoms with E-state index in [0.717, 1.165) is 32.5 Å². The zero-order valence-electron chi connectivity index (χ0n) is 10.6. The van der Waals surface area contributed by atoms with Crippen LogP contribution in [-0.2, 0) is 4.74 Å². The van der Waals surface area contributed by atoms with E-state index in [1.165, 1.54) is 31.5 Å². The normalized spacial score (nSPS) is 18.9.